The number of phenolic OH excluding ortho intramolecular Hbond substituents is 1. The van der Waals surface area contributed by atoms with Crippen LogP contribution in [-0.4, -0.2) is 24.2 Å². The Balaban J connectivity index is 2.33. The summed E-state index contributed by atoms with van der Waals surface area (Å²) in [5, 5.41) is 12.8. The zero-order valence-corrected chi connectivity index (χ0v) is 14.2. The van der Waals surface area contributed by atoms with Crippen molar-refractivity contribution in [1.29, 1.82) is 0 Å². The van der Waals surface area contributed by atoms with E-state index >= 15 is 0 Å². The van der Waals surface area contributed by atoms with E-state index in [1.54, 1.807) is 11.6 Å². The number of thiazole rings is 1. The molecule has 3 rings (SSSR count). The summed E-state index contributed by atoms with van der Waals surface area (Å²) >= 11 is 1.44. The highest BCUT2D eigenvalue weighted by atomic mass is 32.1. The van der Waals surface area contributed by atoms with Gasteiger partial charge in [-0.2, -0.15) is 0 Å². The summed E-state index contributed by atoms with van der Waals surface area (Å²) in [5.41, 5.74) is 4.56. The maximum Gasteiger partial charge on any atom is 0.202 e. The van der Waals surface area contributed by atoms with Crippen molar-refractivity contribution in [1.82, 2.24) is 4.98 Å². The number of aromatic nitrogens is 1. The fourth-order valence-electron chi connectivity index (χ4n) is 2.70. The van der Waals surface area contributed by atoms with Gasteiger partial charge in [0.25, 0.3) is 0 Å². The second-order valence-electron chi connectivity index (χ2n) is 5.83. The highest BCUT2D eigenvalue weighted by molar-refractivity contribution is 7.07. The number of nitrogens with one attached hydrogen (secondary N) is 1. The van der Waals surface area contributed by atoms with E-state index in [2.05, 4.69) is 4.98 Å². The predicted molar refractivity (Wildman–Crippen MR) is 91.1 cm³/mol. The summed E-state index contributed by atoms with van der Waals surface area (Å²) in [5.74, 6) is 0.228. The first kappa shape index (κ1) is 15.7. The van der Waals surface area contributed by atoms with E-state index in [4.69, 9.17) is 4.42 Å². The van der Waals surface area contributed by atoms with Crippen LogP contribution < -0.4 is 10.3 Å². The van der Waals surface area contributed by atoms with E-state index in [0.29, 0.717) is 40.8 Å². The van der Waals surface area contributed by atoms with Crippen LogP contribution in [0.2, 0.25) is 0 Å². The topological polar surface area (TPSA) is 67.8 Å². The lowest BCUT2D eigenvalue weighted by Gasteiger charge is -2.14. The monoisotopic (exact) mass is 331 g/mol. The zero-order valence-electron chi connectivity index (χ0n) is 13.3. The van der Waals surface area contributed by atoms with Crippen molar-refractivity contribution in [3.8, 4) is 17.0 Å². The van der Waals surface area contributed by atoms with Crippen molar-refractivity contribution >= 4 is 22.3 Å². The second kappa shape index (κ2) is 6.14. The number of hydrogen-bond acceptors (Lipinski definition) is 5. The van der Waals surface area contributed by atoms with Gasteiger partial charge < -0.3 is 14.4 Å². The van der Waals surface area contributed by atoms with E-state index in [-0.39, 0.29) is 11.2 Å². The van der Waals surface area contributed by atoms with Gasteiger partial charge in [-0.15, -0.1) is 11.3 Å². The quantitative estimate of drug-likeness (QED) is 0.765. The largest absolute Gasteiger partial charge is 0.507 e. The van der Waals surface area contributed by atoms with Gasteiger partial charge in [0.1, 0.15) is 24.1 Å². The Morgan fingerprint density at radius 3 is 2.78 bits per heavy atom. The zero-order chi connectivity index (χ0) is 16.6. The van der Waals surface area contributed by atoms with E-state index in [9.17, 15) is 9.90 Å². The van der Waals surface area contributed by atoms with Crippen molar-refractivity contribution in [2.45, 2.75) is 19.9 Å². The van der Waals surface area contributed by atoms with Gasteiger partial charge in [-0.1, -0.05) is 6.92 Å². The molecule has 0 unspecified atom stereocenters. The summed E-state index contributed by atoms with van der Waals surface area (Å²) < 4.78 is 5.75. The van der Waals surface area contributed by atoms with Crippen LogP contribution in [0.5, 0.6) is 5.75 Å². The van der Waals surface area contributed by atoms with Crippen molar-refractivity contribution in [3.63, 3.8) is 0 Å². The molecule has 0 fully saturated rings. The molecule has 3 aromatic rings. The van der Waals surface area contributed by atoms with Gasteiger partial charge in [0.15, 0.2) is 0 Å². The fraction of sp³-hybridized carbons (Fsp3) is 0.294. The summed E-state index contributed by atoms with van der Waals surface area (Å²) in [6.07, 6.45) is 2.09. The molecule has 0 bridgehead atoms. The highest BCUT2D eigenvalue weighted by Gasteiger charge is 2.20. The molecule has 0 amide bonds. The third kappa shape index (κ3) is 2.75. The van der Waals surface area contributed by atoms with Crippen LogP contribution in [0, 0.1) is 0 Å². The molecule has 1 aromatic carbocycles. The van der Waals surface area contributed by atoms with Gasteiger partial charge in [0, 0.05) is 5.38 Å². The molecule has 2 N–H and O–H groups in total. The number of nitrogens with zero attached hydrogens (tertiary/aromatic N) is 1. The molecule has 2 aromatic heterocycles. The maximum absolute atomic E-state index is 12.9. The third-order valence-corrected chi connectivity index (χ3v) is 4.42. The summed E-state index contributed by atoms with van der Waals surface area (Å²) in [7, 11) is 3.98. The van der Waals surface area contributed by atoms with E-state index in [1.807, 2.05) is 26.4 Å². The third-order valence-electron chi connectivity index (χ3n) is 3.83. The molecule has 5 nitrogen and oxygen atoms in total. The Hall–Kier alpha value is -2.18. The lowest BCUT2D eigenvalue weighted by molar-refractivity contribution is -0.872. The normalized spacial score (nSPS) is 11.5. The van der Waals surface area contributed by atoms with Gasteiger partial charge in [-0.3, -0.25) is 4.79 Å². The Labute approximate surface area is 137 Å². The lowest BCUT2D eigenvalue weighted by Crippen LogP contribution is -3.04. The van der Waals surface area contributed by atoms with Crippen LogP contribution in [0.3, 0.4) is 0 Å². The molecule has 2 heterocycles. The number of hydrogen-bond donors (Lipinski definition) is 2. The first-order valence-corrected chi connectivity index (χ1v) is 8.44. The smallest absolute Gasteiger partial charge is 0.202 e. The molecule has 0 aliphatic heterocycles. The van der Waals surface area contributed by atoms with Crippen molar-refractivity contribution < 1.29 is 14.4 Å². The molecular formula is C17H19N2O3S+. The van der Waals surface area contributed by atoms with Crippen molar-refractivity contribution in [3.05, 3.63) is 44.6 Å². The number of quaternary nitrogens is 1. The molecule has 0 saturated carbocycles. The van der Waals surface area contributed by atoms with E-state index < -0.39 is 0 Å². The molecule has 0 saturated heterocycles. The first-order chi connectivity index (χ1) is 11.0. The number of aryl methyl sites for hydroxylation is 1. The molecule has 23 heavy (non-hydrogen) atoms. The van der Waals surface area contributed by atoms with E-state index in [1.165, 1.54) is 17.6 Å². The standard InChI is InChI=1S/C17H18N2O3S/c1-4-10-5-11-16(21)13(14-8-23-9-18-14)7-22-17(11)12(15(10)20)6-19(2)3/h5,7-9,20H,4,6H2,1-3H3/p+1. The van der Waals surface area contributed by atoms with Crippen LogP contribution in [0.15, 0.2) is 32.4 Å². The molecule has 0 radical (unpaired) electrons. The van der Waals surface area contributed by atoms with Crippen LogP contribution in [-0.2, 0) is 13.0 Å². The van der Waals surface area contributed by atoms with Gasteiger partial charge in [-0.25, -0.2) is 4.98 Å². The van der Waals surface area contributed by atoms with E-state index in [0.717, 1.165) is 10.5 Å². The Kier molecular flexibility index (Phi) is 4.19. The van der Waals surface area contributed by atoms with Gasteiger partial charge in [-0.05, 0) is 18.1 Å². The minimum Gasteiger partial charge on any atom is -0.507 e. The van der Waals surface area contributed by atoms with Crippen LogP contribution in [0.4, 0.5) is 0 Å². The molecule has 120 valence electrons. The number of phenols is 1. The molecule has 0 aliphatic carbocycles. The Morgan fingerprint density at radius 2 is 2.17 bits per heavy atom. The molecule has 6 heteroatoms. The van der Waals surface area contributed by atoms with Crippen LogP contribution >= 0.6 is 11.3 Å². The Morgan fingerprint density at radius 1 is 1.39 bits per heavy atom. The van der Waals surface area contributed by atoms with Gasteiger partial charge in [0.2, 0.25) is 5.43 Å². The van der Waals surface area contributed by atoms with Gasteiger partial charge in [0.05, 0.1) is 41.8 Å². The van der Waals surface area contributed by atoms with Crippen molar-refractivity contribution in [2.75, 3.05) is 14.1 Å². The summed E-state index contributed by atoms with van der Waals surface area (Å²) in [6.45, 7) is 2.54. The Bertz CT molecular complexity index is 898. The minimum atomic E-state index is -0.109. The molecule has 0 atom stereocenters. The molecular weight excluding hydrogens is 312 g/mol. The average molecular weight is 331 g/mol. The molecule has 0 spiro atoms. The van der Waals surface area contributed by atoms with Crippen LogP contribution in [0.25, 0.3) is 22.2 Å². The minimum absolute atomic E-state index is 0.109. The predicted octanol–water partition coefficient (Wildman–Crippen LogP) is 1.83. The molecule has 0 aliphatic rings. The summed E-state index contributed by atoms with van der Waals surface area (Å²) in [4.78, 5) is 18.2. The average Bonchev–Trinajstić information content (AvgIpc) is 3.04. The van der Waals surface area contributed by atoms with Gasteiger partial charge >= 0.3 is 0 Å². The maximum atomic E-state index is 12.9. The fourth-order valence-corrected chi connectivity index (χ4v) is 3.25. The second-order valence-corrected chi connectivity index (χ2v) is 6.55. The highest BCUT2D eigenvalue weighted by Crippen LogP contribution is 2.31. The number of benzene rings is 1. The number of fused-ring (bicyclic) bond motifs is 1. The number of rotatable bonds is 4. The SMILES string of the molecule is CCc1cc2c(=O)c(-c3cscn3)coc2c(C[NH+](C)C)c1O. The number of aromatic hydroxyl groups is 1. The summed E-state index contributed by atoms with van der Waals surface area (Å²) in [6, 6.07) is 1.74. The van der Waals surface area contributed by atoms with Crippen molar-refractivity contribution in [2.24, 2.45) is 0 Å². The first-order valence-electron chi connectivity index (χ1n) is 7.49. The lowest BCUT2D eigenvalue weighted by atomic mass is 10.0. The van der Waals surface area contributed by atoms with Crippen LogP contribution in [0.1, 0.15) is 18.1 Å².